The number of unbranched alkanes of at least 4 members (excludes halogenated alkanes) is 1. The smallest absolute Gasteiger partial charge is 0.170 e. The predicted octanol–water partition coefficient (Wildman–Crippen LogP) is 4.20. The summed E-state index contributed by atoms with van der Waals surface area (Å²) < 4.78 is 5.51. The zero-order valence-corrected chi connectivity index (χ0v) is 19.2. The number of anilines is 2. The lowest BCUT2D eigenvalue weighted by atomic mass is 10.1. The van der Waals surface area contributed by atoms with E-state index in [4.69, 9.17) is 17.0 Å². The van der Waals surface area contributed by atoms with E-state index in [0.29, 0.717) is 5.11 Å². The number of aryl methyl sites for hydroxylation is 2. The minimum absolute atomic E-state index is 0.699. The number of piperazine rings is 1. The van der Waals surface area contributed by atoms with Gasteiger partial charge in [0, 0.05) is 38.4 Å². The number of thiocarbonyl (C=S) groups is 1. The normalized spacial score (nSPS) is 14.4. The molecule has 5 nitrogen and oxygen atoms in total. The zero-order chi connectivity index (χ0) is 21.3. The van der Waals surface area contributed by atoms with E-state index in [2.05, 4.69) is 64.6 Å². The molecule has 2 aromatic carbocycles. The first kappa shape index (κ1) is 22.4. The molecule has 1 fully saturated rings. The summed E-state index contributed by atoms with van der Waals surface area (Å²) >= 11 is 5.43. The zero-order valence-electron chi connectivity index (χ0n) is 18.4. The number of hydrogen-bond donors (Lipinski definition) is 2. The van der Waals surface area contributed by atoms with E-state index in [-0.39, 0.29) is 0 Å². The van der Waals surface area contributed by atoms with E-state index in [1.807, 2.05) is 12.1 Å². The summed E-state index contributed by atoms with van der Waals surface area (Å²) in [7, 11) is 1.74. The number of ether oxygens (including phenoxy) is 1. The van der Waals surface area contributed by atoms with Gasteiger partial charge in [-0.15, -0.1) is 0 Å². The van der Waals surface area contributed by atoms with Gasteiger partial charge in [0.15, 0.2) is 5.11 Å². The van der Waals surface area contributed by atoms with E-state index < -0.39 is 0 Å². The second-order valence-corrected chi connectivity index (χ2v) is 8.37. The molecule has 1 aliphatic heterocycles. The minimum Gasteiger partial charge on any atom is -0.495 e. The fourth-order valence-corrected chi connectivity index (χ4v) is 4.21. The second-order valence-electron chi connectivity index (χ2n) is 7.96. The molecule has 1 saturated heterocycles. The van der Waals surface area contributed by atoms with Gasteiger partial charge >= 0.3 is 0 Å². The Bertz CT molecular complexity index is 813. The van der Waals surface area contributed by atoms with Gasteiger partial charge in [0.1, 0.15) is 5.75 Å². The molecule has 3 rings (SSSR count). The molecule has 0 radical (unpaired) electrons. The maximum atomic E-state index is 5.51. The average molecular weight is 427 g/mol. The van der Waals surface area contributed by atoms with E-state index in [0.717, 1.165) is 57.1 Å². The third-order valence-corrected chi connectivity index (χ3v) is 5.71. The summed E-state index contributed by atoms with van der Waals surface area (Å²) in [5.74, 6) is 0.961. The van der Waals surface area contributed by atoms with Crippen molar-refractivity contribution in [3.05, 3.63) is 53.6 Å². The van der Waals surface area contributed by atoms with Gasteiger partial charge in [-0.25, -0.2) is 0 Å². The number of rotatable bonds is 8. The highest BCUT2D eigenvalue weighted by Gasteiger charge is 2.18. The standard InChI is InChI=1S/C24H34N4OS/c1-19-16-20(2)18-21(17-19)26-24(30)25-10-6-7-11-27-12-14-28(15-13-27)22-8-4-5-9-23(22)29-3/h4-5,8-9,16-18H,6-7,10-15H2,1-3H3,(H2,25,26,30). The molecule has 1 heterocycles. The summed E-state index contributed by atoms with van der Waals surface area (Å²) in [5.41, 5.74) is 4.74. The summed E-state index contributed by atoms with van der Waals surface area (Å²) in [6, 6.07) is 14.7. The third-order valence-electron chi connectivity index (χ3n) is 5.46. The van der Waals surface area contributed by atoms with Gasteiger partial charge in [-0.05, 0) is 80.8 Å². The highest BCUT2D eigenvalue weighted by Crippen LogP contribution is 2.28. The molecule has 0 spiro atoms. The van der Waals surface area contributed by atoms with Gasteiger partial charge in [-0.2, -0.15) is 0 Å². The van der Waals surface area contributed by atoms with Crippen LogP contribution in [0.2, 0.25) is 0 Å². The predicted molar refractivity (Wildman–Crippen MR) is 131 cm³/mol. The molecule has 0 saturated carbocycles. The first-order chi connectivity index (χ1) is 14.5. The minimum atomic E-state index is 0.699. The molecule has 0 aromatic heterocycles. The van der Waals surface area contributed by atoms with Gasteiger partial charge in [-0.1, -0.05) is 18.2 Å². The van der Waals surface area contributed by atoms with Crippen LogP contribution >= 0.6 is 12.2 Å². The van der Waals surface area contributed by atoms with Crippen molar-refractivity contribution >= 4 is 28.7 Å². The van der Waals surface area contributed by atoms with Crippen molar-refractivity contribution in [2.45, 2.75) is 26.7 Å². The summed E-state index contributed by atoms with van der Waals surface area (Å²) in [4.78, 5) is 4.98. The van der Waals surface area contributed by atoms with Crippen LogP contribution in [0.1, 0.15) is 24.0 Å². The quantitative estimate of drug-likeness (QED) is 0.487. The molecule has 0 amide bonds. The van der Waals surface area contributed by atoms with E-state index in [1.54, 1.807) is 7.11 Å². The fraction of sp³-hybridized carbons (Fsp3) is 0.458. The Morgan fingerprint density at radius 3 is 2.40 bits per heavy atom. The first-order valence-electron chi connectivity index (χ1n) is 10.8. The van der Waals surface area contributed by atoms with Crippen LogP contribution in [0.15, 0.2) is 42.5 Å². The average Bonchev–Trinajstić information content (AvgIpc) is 2.73. The lowest BCUT2D eigenvalue weighted by molar-refractivity contribution is 0.252. The topological polar surface area (TPSA) is 39.8 Å². The van der Waals surface area contributed by atoms with Crippen molar-refractivity contribution in [1.29, 1.82) is 0 Å². The molecular weight excluding hydrogens is 392 g/mol. The van der Waals surface area contributed by atoms with Crippen LogP contribution < -0.4 is 20.3 Å². The van der Waals surface area contributed by atoms with Crippen LogP contribution in [0.5, 0.6) is 5.75 Å². The number of benzene rings is 2. The van der Waals surface area contributed by atoms with Crippen molar-refractivity contribution in [2.24, 2.45) is 0 Å². The van der Waals surface area contributed by atoms with Crippen LogP contribution in [0, 0.1) is 13.8 Å². The van der Waals surface area contributed by atoms with Crippen LogP contribution in [0.4, 0.5) is 11.4 Å². The van der Waals surface area contributed by atoms with Gasteiger partial charge in [0.25, 0.3) is 0 Å². The SMILES string of the molecule is COc1ccccc1N1CCN(CCCCNC(=S)Nc2cc(C)cc(C)c2)CC1. The molecule has 2 N–H and O–H groups in total. The van der Waals surface area contributed by atoms with E-state index in [9.17, 15) is 0 Å². The Kier molecular flexibility index (Phi) is 8.34. The lowest BCUT2D eigenvalue weighted by Crippen LogP contribution is -2.46. The first-order valence-corrected chi connectivity index (χ1v) is 11.2. The van der Waals surface area contributed by atoms with Crippen molar-refractivity contribution in [3.8, 4) is 5.75 Å². The molecule has 0 bridgehead atoms. The summed E-state index contributed by atoms with van der Waals surface area (Å²) in [6.07, 6.45) is 2.29. The van der Waals surface area contributed by atoms with E-state index in [1.165, 1.54) is 23.2 Å². The fourth-order valence-electron chi connectivity index (χ4n) is 3.99. The third kappa shape index (κ3) is 6.61. The Morgan fingerprint density at radius 2 is 1.70 bits per heavy atom. The molecule has 1 aliphatic rings. The number of hydrogen-bond acceptors (Lipinski definition) is 4. The maximum absolute atomic E-state index is 5.51. The molecule has 0 aliphatic carbocycles. The van der Waals surface area contributed by atoms with Crippen LogP contribution in [0.3, 0.4) is 0 Å². The molecule has 0 atom stereocenters. The lowest BCUT2D eigenvalue weighted by Gasteiger charge is -2.36. The largest absolute Gasteiger partial charge is 0.495 e. The van der Waals surface area contributed by atoms with Crippen LogP contribution in [-0.4, -0.2) is 56.4 Å². The Labute approximate surface area is 186 Å². The van der Waals surface area contributed by atoms with Gasteiger partial charge in [0.2, 0.25) is 0 Å². The van der Waals surface area contributed by atoms with Crippen LogP contribution in [0.25, 0.3) is 0 Å². The molecule has 6 heteroatoms. The number of nitrogens with one attached hydrogen (secondary N) is 2. The van der Waals surface area contributed by atoms with Gasteiger partial charge in [0.05, 0.1) is 12.8 Å². The van der Waals surface area contributed by atoms with Crippen LogP contribution in [-0.2, 0) is 0 Å². The van der Waals surface area contributed by atoms with Crippen molar-refractivity contribution in [1.82, 2.24) is 10.2 Å². The molecule has 162 valence electrons. The number of nitrogens with zero attached hydrogens (tertiary/aromatic N) is 2. The Hall–Kier alpha value is -2.31. The highest BCUT2D eigenvalue weighted by molar-refractivity contribution is 7.80. The van der Waals surface area contributed by atoms with Crippen molar-refractivity contribution < 1.29 is 4.74 Å². The number of para-hydroxylation sites is 2. The molecule has 30 heavy (non-hydrogen) atoms. The molecule has 2 aromatic rings. The molecule has 0 unspecified atom stereocenters. The monoisotopic (exact) mass is 426 g/mol. The van der Waals surface area contributed by atoms with Gasteiger partial charge < -0.3 is 20.3 Å². The highest BCUT2D eigenvalue weighted by atomic mass is 32.1. The Balaban J connectivity index is 1.30. The van der Waals surface area contributed by atoms with Crippen molar-refractivity contribution in [3.63, 3.8) is 0 Å². The van der Waals surface area contributed by atoms with E-state index >= 15 is 0 Å². The Morgan fingerprint density at radius 1 is 1.00 bits per heavy atom. The second kappa shape index (κ2) is 11.2. The maximum Gasteiger partial charge on any atom is 0.170 e. The summed E-state index contributed by atoms with van der Waals surface area (Å²) in [6.45, 7) is 10.5. The van der Waals surface area contributed by atoms with Crippen molar-refractivity contribution in [2.75, 3.05) is 56.6 Å². The molecular formula is C24H34N4OS. The summed E-state index contributed by atoms with van der Waals surface area (Å²) in [5, 5.41) is 7.32. The number of methoxy groups -OCH3 is 1. The van der Waals surface area contributed by atoms with Gasteiger partial charge in [-0.3, -0.25) is 4.90 Å².